The van der Waals surface area contributed by atoms with E-state index in [0.29, 0.717) is 13.1 Å². The molecule has 1 N–H and O–H groups in total. The maximum Gasteiger partial charge on any atom is 0.148 e. The fourth-order valence-corrected chi connectivity index (χ4v) is 2.08. The summed E-state index contributed by atoms with van der Waals surface area (Å²) in [5, 5.41) is 3.82. The second kappa shape index (κ2) is 5.66. The third-order valence-corrected chi connectivity index (χ3v) is 3.45. The van der Waals surface area contributed by atoms with Crippen molar-refractivity contribution in [1.29, 1.82) is 0 Å². The summed E-state index contributed by atoms with van der Waals surface area (Å²) in [6.07, 6.45) is 1.24. The zero-order valence-electron chi connectivity index (χ0n) is 9.46. The molecule has 0 radical (unpaired) electrons. The van der Waals surface area contributed by atoms with Gasteiger partial charge in [-0.2, -0.15) is 0 Å². The first-order valence-corrected chi connectivity index (χ1v) is 7.46. The van der Waals surface area contributed by atoms with Crippen LogP contribution in [-0.2, 0) is 16.4 Å². The second-order valence-electron chi connectivity index (χ2n) is 3.88. The van der Waals surface area contributed by atoms with Crippen molar-refractivity contribution in [3.05, 3.63) is 34.3 Å². The average molecular weight is 262 g/mol. The molecular weight excluding hydrogens is 246 g/mol. The predicted molar refractivity (Wildman–Crippen MR) is 67.6 cm³/mol. The molecule has 0 aliphatic carbocycles. The lowest BCUT2D eigenvalue weighted by Gasteiger charge is -2.07. The molecular formula is C11H16ClNO2S. The minimum atomic E-state index is -2.88. The number of hydrogen-bond acceptors (Lipinski definition) is 3. The molecule has 0 fully saturated rings. The Bertz CT molecular complexity index is 457. The highest BCUT2D eigenvalue weighted by atomic mass is 35.5. The molecule has 16 heavy (non-hydrogen) atoms. The summed E-state index contributed by atoms with van der Waals surface area (Å²) >= 11 is 5.84. The van der Waals surface area contributed by atoms with Gasteiger partial charge in [0.15, 0.2) is 0 Å². The lowest BCUT2D eigenvalue weighted by molar-refractivity contribution is 0.596. The van der Waals surface area contributed by atoms with Crippen molar-refractivity contribution in [2.75, 3.05) is 18.6 Å². The molecule has 0 amide bonds. The molecule has 0 aliphatic heterocycles. The third kappa shape index (κ3) is 4.96. The van der Waals surface area contributed by atoms with Crippen molar-refractivity contribution in [3.63, 3.8) is 0 Å². The third-order valence-electron chi connectivity index (χ3n) is 2.27. The van der Waals surface area contributed by atoms with Gasteiger partial charge in [0, 0.05) is 24.4 Å². The number of aryl methyl sites for hydroxylation is 1. The van der Waals surface area contributed by atoms with Gasteiger partial charge in [0.2, 0.25) is 0 Å². The Hall–Kier alpha value is -0.580. The van der Waals surface area contributed by atoms with Crippen LogP contribution >= 0.6 is 11.6 Å². The SMILES string of the molecule is Cc1cc(Cl)ccc1CNCCS(C)(=O)=O. The normalized spacial score (nSPS) is 11.7. The van der Waals surface area contributed by atoms with Gasteiger partial charge in [-0.1, -0.05) is 17.7 Å². The highest BCUT2D eigenvalue weighted by Crippen LogP contribution is 2.14. The number of halogens is 1. The minimum absolute atomic E-state index is 0.166. The standard InChI is InChI=1S/C11H16ClNO2S/c1-9-7-11(12)4-3-10(9)8-13-5-6-16(2,14)15/h3-4,7,13H,5-6,8H2,1-2H3. The Morgan fingerprint density at radius 3 is 2.62 bits per heavy atom. The summed E-state index contributed by atoms with van der Waals surface area (Å²) < 4.78 is 21.8. The molecule has 90 valence electrons. The number of nitrogens with one attached hydrogen (secondary N) is 1. The van der Waals surface area contributed by atoms with Crippen LogP contribution in [0.1, 0.15) is 11.1 Å². The first-order chi connectivity index (χ1) is 7.38. The summed E-state index contributed by atoms with van der Waals surface area (Å²) in [6.45, 7) is 3.12. The maximum atomic E-state index is 10.9. The molecule has 0 saturated heterocycles. The minimum Gasteiger partial charge on any atom is -0.312 e. The van der Waals surface area contributed by atoms with Crippen molar-refractivity contribution >= 4 is 21.4 Å². The lowest BCUT2D eigenvalue weighted by Crippen LogP contribution is -2.22. The maximum absolute atomic E-state index is 10.9. The number of benzene rings is 1. The van der Waals surface area contributed by atoms with Crippen LogP contribution in [0.4, 0.5) is 0 Å². The number of rotatable bonds is 5. The van der Waals surface area contributed by atoms with Crippen LogP contribution in [0.2, 0.25) is 5.02 Å². The molecule has 0 bridgehead atoms. The molecule has 3 nitrogen and oxygen atoms in total. The number of sulfone groups is 1. The van der Waals surface area contributed by atoms with E-state index in [-0.39, 0.29) is 5.75 Å². The molecule has 0 saturated carbocycles. The summed E-state index contributed by atoms with van der Waals surface area (Å²) in [5.74, 6) is 0.166. The molecule has 0 aliphatic rings. The van der Waals surface area contributed by atoms with Gasteiger partial charge in [0.1, 0.15) is 9.84 Å². The van der Waals surface area contributed by atoms with E-state index in [1.54, 1.807) is 0 Å². The van der Waals surface area contributed by atoms with E-state index in [1.165, 1.54) is 6.26 Å². The first kappa shape index (κ1) is 13.5. The summed E-state index contributed by atoms with van der Waals surface area (Å²) in [4.78, 5) is 0. The van der Waals surface area contributed by atoms with E-state index in [1.807, 2.05) is 25.1 Å². The summed E-state index contributed by atoms with van der Waals surface area (Å²) in [7, 11) is -2.88. The van der Waals surface area contributed by atoms with Crippen LogP contribution < -0.4 is 5.32 Å². The van der Waals surface area contributed by atoms with Gasteiger partial charge in [0.25, 0.3) is 0 Å². The molecule has 1 aromatic rings. The average Bonchev–Trinajstić information content (AvgIpc) is 2.13. The van der Waals surface area contributed by atoms with Crippen molar-refractivity contribution < 1.29 is 8.42 Å². The van der Waals surface area contributed by atoms with Gasteiger partial charge < -0.3 is 5.32 Å². The topological polar surface area (TPSA) is 46.2 Å². The zero-order valence-corrected chi connectivity index (χ0v) is 11.0. The Morgan fingerprint density at radius 1 is 1.38 bits per heavy atom. The van der Waals surface area contributed by atoms with Gasteiger partial charge in [-0.3, -0.25) is 0 Å². The van der Waals surface area contributed by atoms with Crippen LogP contribution in [0.25, 0.3) is 0 Å². The molecule has 0 spiro atoms. The molecule has 0 aromatic heterocycles. The van der Waals surface area contributed by atoms with Gasteiger partial charge in [-0.05, 0) is 30.2 Å². The van der Waals surface area contributed by atoms with Gasteiger partial charge in [0.05, 0.1) is 5.75 Å². The second-order valence-corrected chi connectivity index (χ2v) is 6.57. The number of hydrogen-bond donors (Lipinski definition) is 1. The van der Waals surface area contributed by atoms with Crippen LogP contribution in [0.5, 0.6) is 0 Å². The Balaban J connectivity index is 2.43. The Morgan fingerprint density at radius 2 is 2.06 bits per heavy atom. The van der Waals surface area contributed by atoms with Gasteiger partial charge >= 0.3 is 0 Å². The smallest absolute Gasteiger partial charge is 0.148 e. The fourth-order valence-electron chi connectivity index (χ4n) is 1.34. The van der Waals surface area contributed by atoms with E-state index >= 15 is 0 Å². The van der Waals surface area contributed by atoms with E-state index in [9.17, 15) is 8.42 Å². The van der Waals surface area contributed by atoms with Gasteiger partial charge in [-0.25, -0.2) is 8.42 Å². The van der Waals surface area contributed by atoms with E-state index < -0.39 is 9.84 Å². The van der Waals surface area contributed by atoms with Gasteiger partial charge in [-0.15, -0.1) is 0 Å². The highest BCUT2D eigenvalue weighted by Gasteiger charge is 2.02. The molecule has 5 heteroatoms. The molecule has 0 unspecified atom stereocenters. The van der Waals surface area contributed by atoms with E-state index in [4.69, 9.17) is 11.6 Å². The molecule has 0 atom stereocenters. The van der Waals surface area contributed by atoms with Crippen LogP contribution in [0, 0.1) is 6.92 Å². The van der Waals surface area contributed by atoms with Crippen molar-refractivity contribution in [2.24, 2.45) is 0 Å². The molecule has 0 heterocycles. The monoisotopic (exact) mass is 261 g/mol. The van der Waals surface area contributed by atoms with Crippen LogP contribution in [0.15, 0.2) is 18.2 Å². The largest absolute Gasteiger partial charge is 0.312 e. The zero-order chi connectivity index (χ0) is 12.2. The lowest BCUT2D eigenvalue weighted by atomic mass is 10.1. The predicted octanol–water partition coefficient (Wildman–Crippen LogP) is 1.78. The molecule has 1 aromatic carbocycles. The van der Waals surface area contributed by atoms with Crippen molar-refractivity contribution in [3.8, 4) is 0 Å². The Labute approximate surface area is 102 Å². The van der Waals surface area contributed by atoms with E-state index in [0.717, 1.165) is 16.1 Å². The highest BCUT2D eigenvalue weighted by molar-refractivity contribution is 7.90. The summed E-state index contributed by atoms with van der Waals surface area (Å²) in [5.41, 5.74) is 2.25. The van der Waals surface area contributed by atoms with Crippen molar-refractivity contribution in [2.45, 2.75) is 13.5 Å². The fraction of sp³-hybridized carbons (Fsp3) is 0.455. The first-order valence-electron chi connectivity index (χ1n) is 5.02. The quantitative estimate of drug-likeness (QED) is 0.822. The van der Waals surface area contributed by atoms with Crippen LogP contribution in [0.3, 0.4) is 0 Å². The van der Waals surface area contributed by atoms with Crippen LogP contribution in [-0.4, -0.2) is 27.0 Å². The molecule has 1 rings (SSSR count). The summed E-state index contributed by atoms with van der Waals surface area (Å²) in [6, 6.07) is 5.68. The Kier molecular flexibility index (Phi) is 4.77. The van der Waals surface area contributed by atoms with E-state index in [2.05, 4.69) is 5.32 Å². The van der Waals surface area contributed by atoms with Crippen molar-refractivity contribution in [1.82, 2.24) is 5.32 Å².